The van der Waals surface area contributed by atoms with Crippen molar-refractivity contribution in [3.05, 3.63) is 41.7 Å². The molecule has 102 valence electrons. The van der Waals surface area contributed by atoms with Gasteiger partial charge in [-0.2, -0.15) is 5.10 Å². The third-order valence-electron chi connectivity index (χ3n) is 3.04. The Bertz CT molecular complexity index is 517. The van der Waals surface area contributed by atoms with Crippen LogP contribution < -0.4 is 4.74 Å². The first-order valence-electron chi connectivity index (χ1n) is 6.64. The molecule has 0 radical (unpaired) electrons. The number of aryl methyl sites for hydroxylation is 1. The van der Waals surface area contributed by atoms with Crippen molar-refractivity contribution in [3.63, 3.8) is 0 Å². The monoisotopic (exact) mass is 260 g/mol. The van der Waals surface area contributed by atoms with Crippen molar-refractivity contribution in [2.24, 2.45) is 0 Å². The zero-order chi connectivity index (χ0) is 13.7. The smallest absolute Gasteiger partial charge is 0.119 e. The van der Waals surface area contributed by atoms with E-state index in [0.717, 1.165) is 42.1 Å². The predicted molar refractivity (Wildman–Crippen MR) is 74.6 cm³/mol. The van der Waals surface area contributed by atoms with E-state index in [2.05, 4.69) is 12.0 Å². The summed E-state index contributed by atoms with van der Waals surface area (Å²) < 4.78 is 7.39. The second-order valence-corrected chi connectivity index (χ2v) is 4.54. The summed E-state index contributed by atoms with van der Waals surface area (Å²) >= 11 is 0. The van der Waals surface area contributed by atoms with Gasteiger partial charge in [0.2, 0.25) is 0 Å². The largest absolute Gasteiger partial charge is 0.494 e. The molecule has 0 aliphatic heterocycles. The van der Waals surface area contributed by atoms with Gasteiger partial charge in [0.05, 0.1) is 24.6 Å². The molecule has 1 heterocycles. The lowest BCUT2D eigenvalue weighted by molar-refractivity contribution is 0.281. The molecule has 0 amide bonds. The number of ether oxygens (including phenoxy) is 1. The topological polar surface area (TPSA) is 47.3 Å². The quantitative estimate of drug-likeness (QED) is 0.812. The van der Waals surface area contributed by atoms with Crippen molar-refractivity contribution in [3.8, 4) is 11.4 Å². The molecule has 0 aliphatic carbocycles. The zero-order valence-electron chi connectivity index (χ0n) is 11.5. The number of aliphatic hydroxyl groups excluding tert-OH is 1. The van der Waals surface area contributed by atoms with Crippen molar-refractivity contribution in [1.82, 2.24) is 9.78 Å². The van der Waals surface area contributed by atoms with Gasteiger partial charge in [-0.05, 0) is 37.6 Å². The number of hydrogen-bond donors (Lipinski definition) is 1. The highest BCUT2D eigenvalue weighted by molar-refractivity contribution is 5.37. The van der Waals surface area contributed by atoms with Crippen LogP contribution >= 0.6 is 0 Å². The normalized spacial score (nSPS) is 10.7. The van der Waals surface area contributed by atoms with Crippen LogP contribution in [0.3, 0.4) is 0 Å². The van der Waals surface area contributed by atoms with Crippen molar-refractivity contribution in [1.29, 1.82) is 0 Å². The number of nitrogens with zero attached hydrogens (tertiary/aromatic N) is 2. The van der Waals surface area contributed by atoms with E-state index in [1.54, 1.807) is 4.68 Å². The van der Waals surface area contributed by atoms with Gasteiger partial charge >= 0.3 is 0 Å². The minimum atomic E-state index is 0.0179. The van der Waals surface area contributed by atoms with Gasteiger partial charge < -0.3 is 9.84 Å². The molecule has 4 heteroatoms. The molecule has 4 nitrogen and oxygen atoms in total. The van der Waals surface area contributed by atoms with E-state index in [9.17, 15) is 0 Å². The maximum absolute atomic E-state index is 9.17. The molecule has 0 aliphatic rings. The van der Waals surface area contributed by atoms with Crippen molar-refractivity contribution in [2.45, 2.75) is 33.3 Å². The number of benzene rings is 1. The second kappa shape index (κ2) is 6.38. The Kier molecular flexibility index (Phi) is 4.58. The SMILES string of the molecule is CCCCOc1ccc(-n2cc(CO)c(C)n2)cc1. The fraction of sp³-hybridized carbons (Fsp3) is 0.400. The number of aliphatic hydroxyl groups is 1. The average molecular weight is 260 g/mol. The van der Waals surface area contributed by atoms with Crippen LogP contribution in [-0.4, -0.2) is 21.5 Å². The molecule has 0 saturated carbocycles. The van der Waals surface area contributed by atoms with Gasteiger partial charge in [0.25, 0.3) is 0 Å². The first-order valence-corrected chi connectivity index (χ1v) is 6.64. The molecule has 0 spiro atoms. The first kappa shape index (κ1) is 13.6. The third kappa shape index (κ3) is 3.35. The molecule has 0 saturated heterocycles. The van der Waals surface area contributed by atoms with E-state index in [1.807, 2.05) is 37.4 Å². The molecule has 2 rings (SSSR count). The van der Waals surface area contributed by atoms with Crippen LogP contribution in [0.4, 0.5) is 0 Å². The summed E-state index contributed by atoms with van der Waals surface area (Å²) in [4.78, 5) is 0. The van der Waals surface area contributed by atoms with Gasteiger partial charge in [-0.15, -0.1) is 0 Å². The number of aromatic nitrogens is 2. The Hall–Kier alpha value is -1.81. The van der Waals surface area contributed by atoms with Gasteiger partial charge in [0, 0.05) is 11.8 Å². The van der Waals surface area contributed by atoms with Crippen LogP contribution in [0.15, 0.2) is 30.5 Å². The lowest BCUT2D eigenvalue weighted by Gasteiger charge is -2.06. The summed E-state index contributed by atoms with van der Waals surface area (Å²) in [5.74, 6) is 0.878. The molecule has 2 aromatic rings. The van der Waals surface area contributed by atoms with Crippen molar-refractivity contribution in [2.75, 3.05) is 6.61 Å². The number of rotatable bonds is 6. The fourth-order valence-electron chi connectivity index (χ4n) is 1.81. The Morgan fingerprint density at radius 3 is 2.58 bits per heavy atom. The highest BCUT2D eigenvalue weighted by Gasteiger charge is 2.05. The van der Waals surface area contributed by atoms with Gasteiger partial charge in [-0.1, -0.05) is 13.3 Å². The fourth-order valence-corrected chi connectivity index (χ4v) is 1.81. The molecule has 1 N–H and O–H groups in total. The van der Waals surface area contributed by atoms with E-state index >= 15 is 0 Å². The van der Waals surface area contributed by atoms with E-state index in [0.29, 0.717) is 0 Å². The Labute approximate surface area is 113 Å². The molecule has 1 aromatic carbocycles. The molecular weight excluding hydrogens is 240 g/mol. The van der Waals surface area contributed by atoms with Crippen molar-refractivity contribution >= 4 is 0 Å². The van der Waals surface area contributed by atoms with Crippen LogP contribution in [0.2, 0.25) is 0 Å². The third-order valence-corrected chi connectivity index (χ3v) is 3.04. The van der Waals surface area contributed by atoms with Crippen LogP contribution in [0.1, 0.15) is 31.0 Å². The van der Waals surface area contributed by atoms with Gasteiger partial charge in [0.1, 0.15) is 5.75 Å². The molecule has 19 heavy (non-hydrogen) atoms. The summed E-state index contributed by atoms with van der Waals surface area (Å²) in [5, 5.41) is 13.5. The van der Waals surface area contributed by atoms with Crippen LogP contribution in [0.5, 0.6) is 5.75 Å². The van der Waals surface area contributed by atoms with Crippen molar-refractivity contribution < 1.29 is 9.84 Å². The van der Waals surface area contributed by atoms with E-state index in [1.165, 1.54) is 0 Å². The highest BCUT2D eigenvalue weighted by Crippen LogP contribution is 2.17. The van der Waals surface area contributed by atoms with E-state index in [4.69, 9.17) is 9.84 Å². The van der Waals surface area contributed by atoms with Gasteiger partial charge in [-0.25, -0.2) is 4.68 Å². The minimum absolute atomic E-state index is 0.0179. The average Bonchev–Trinajstić information content (AvgIpc) is 2.81. The molecule has 1 aromatic heterocycles. The maximum atomic E-state index is 9.17. The number of hydrogen-bond acceptors (Lipinski definition) is 3. The van der Waals surface area contributed by atoms with Crippen LogP contribution in [0.25, 0.3) is 5.69 Å². The molecule has 0 bridgehead atoms. The summed E-state index contributed by atoms with van der Waals surface area (Å²) in [6, 6.07) is 7.82. The van der Waals surface area contributed by atoms with Crippen LogP contribution in [0, 0.1) is 6.92 Å². The Morgan fingerprint density at radius 2 is 2.00 bits per heavy atom. The molecule has 0 unspecified atom stereocenters. The van der Waals surface area contributed by atoms with Gasteiger partial charge in [-0.3, -0.25) is 0 Å². The second-order valence-electron chi connectivity index (χ2n) is 4.54. The highest BCUT2D eigenvalue weighted by atomic mass is 16.5. The predicted octanol–water partition coefficient (Wildman–Crippen LogP) is 2.85. The zero-order valence-corrected chi connectivity index (χ0v) is 11.5. The lowest BCUT2D eigenvalue weighted by Crippen LogP contribution is -1.98. The number of unbranched alkanes of at least 4 members (excludes halogenated alkanes) is 1. The molecule has 0 atom stereocenters. The minimum Gasteiger partial charge on any atom is -0.494 e. The van der Waals surface area contributed by atoms with Crippen LogP contribution in [-0.2, 0) is 6.61 Å². The Morgan fingerprint density at radius 1 is 1.26 bits per heavy atom. The lowest BCUT2D eigenvalue weighted by atomic mass is 10.3. The first-order chi connectivity index (χ1) is 9.24. The summed E-state index contributed by atoms with van der Waals surface area (Å²) in [6.45, 7) is 4.81. The molecular formula is C15H20N2O2. The standard InChI is InChI=1S/C15H20N2O2/c1-3-4-9-19-15-7-5-14(6-8-15)17-10-13(11-18)12(2)16-17/h5-8,10,18H,3-4,9,11H2,1-2H3. The summed E-state index contributed by atoms with van der Waals surface area (Å²) in [6.07, 6.45) is 4.05. The Balaban J connectivity index is 2.08. The summed E-state index contributed by atoms with van der Waals surface area (Å²) in [5.41, 5.74) is 2.67. The van der Waals surface area contributed by atoms with E-state index < -0.39 is 0 Å². The van der Waals surface area contributed by atoms with Gasteiger partial charge in [0.15, 0.2) is 0 Å². The molecule has 0 fully saturated rings. The van der Waals surface area contributed by atoms with E-state index in [-0.39, 0.29) is 6.61 Å². The maximum Gasteiger partial charge on any atom is 0.119 e. The summed E-state index contributed by atoms with van der Waals surface area (Å²) in [7, 11) is 0.